The molecule has 0 fully saturated rings. The summed E-state index contributed by atoms with van der Waals surface area (Å²) in [6, 6.07) is -0.716. The summed E-state index contributed by atoms with van der Waals surface area (Å²) in [5.41, 5.74) is 10.4. The second kappa shape index (κ2) is 27.9. The van der Waals surface area contributed by atoms with E-state index in [9.17, 15) is 9.59 Å². The van der Waals surface area contributed by atoms with Crippen LogP contribution in [0.15, 0.2) is 0 Å². The Morgan fingerprint density at radius 2 is 1.00 bits per heavy atom. The van der Waals surface area contributed by atoms with Gasteiger partial charge in [0, 0.05) is 6.42 Å². The highest BCUT2D eigenvalue weighted by Crippen LogP contribution is 2.14. The molecular weight excluding hydrogens is 404 g/mol. The molecule has 0 aliphatic heterocycles. The number of hydrogen-bond acceptors (Lipinski definition) is 4. The first-order valence-corrected chi connectivity index (χ1v) is 13.4. The molecule has 0 radical (unpaired) electrons. The van der Waals surface area contributed by atoms with Crippen LogP contribution in [0.3, 0.4) is 0 Å². The highest BCUT2D eigenvalue weighted by molar-refractivity contribution is 5.72. The van der Waals surface area contributed by atoms with Crippen LogP contribution in [0, 0.1) is 0 Å². The summed E-state index contributed by atoms with van der Waals surface area (Å²) < 4.78 is 0. The molecule has 32 heavy (non-hydrogen) atoms. The lowest BCUT2D eigenvalue weighted by Gasteiger charge is -2.03. The standard InChI is InChI=1S/C20H40O2.C6H14N2O2/c1-2-3-4-5-6-7-8-9-10-11-12-13-14-15-16-17-18-19-20(21)22;7-4-2-1-3-5(8)6(9)10/h2-19H2,1H3,(H,21,22);5H,1-4,7-8H2,(H,9,10). The number of nitrogens with two attached hydrogens (primary N) is 2. The molecule has 0 saturated heterocycles. The Balaban J connectivity index is 0. The zero-order chi connectivity index (χ0) is 24.3. The molecule has 1 unspecified atom stereocenters. The number of aliphatic carboxylic acids is 2. The molecule has 6 nitrogen and oxygen atoms in total. The Morgan fingerprint density at radius 3 is 1.31 bits per heavy atom. The van der Waals surface area contributed by atoms with Gasteiger partial charge < -0.3 is 21.7 Å². The number of hydrogen-bond donors (Lipinski definition) is 4. The van der Waals surface area contributed by atoms with Crippen molar-refractivity contribution in [3.8, 4) is 0 Å². The summed E-state index contributed by atoms with van der Waals surface area (Å²) in [5.74, 6) is -1.59. The van der Waals surface area contributed by atoms with E-state index in [4.69, 9.17) is 21.7 Å². The Morgan fingerprint density at radius 1 is 0.625 bits per heavy atom. The Kier molecular flexibility index (Phi) is 28.8. The van der Waals surface area contributed by atoms with Gasteiger partial charge in [-0.2, -0.15) is 0 Å². The smallest absolute Gasteiger partial charge is 0.320 e. The lowest BCUT2D eigenvalue weighted by Crippen LogP contribution is -2.29. The number of carboxylic acid groups (broad SMARTS) is 2. The van der Waals surface area contributed by atoms with Crippen LogP contribution in [-0.4, -0.2) is 34.7 Å². The molecule has 0 heterocycles. The van der Waals surface area contributed by atoms with Gasteiger partial charge in [-0.1, -0.05) is 116 Å². The fraction of sp³-hybridized carbons (Fsp3) is 0.923. The molecule has 192 valence electrons. The normalized spacial score (nSPS) is 11.6. The first kappa shape index (κ1) is 33.0. The summed E-state index contributed by atoms with van der Waals surface area (Å²) >= 11 is 0. The number of rotatable bonds is 23. The molecule has 0 saturated carbocycles. The van der Waals surface area contributed by atoms with Crippen molar-refractivity contribution in [2.45, 2.75) is 148 Å². The van der Waals surface area contributed by atoms with Gasteiger partial charge in [0.15, 0.2) is 0 Å². The molecule has 6 N–H and O–H groups in total. The maximum absolute atomic E-state index is 10.4. The van der Waals surface area contributed by atoms with E-state index in [0.29, 0.717) is 19.4 Å². The van der Waals surface area contributed by atoms with Crippen LogP contribution in [0.2, 0.25) is 0 Å². The van der Waals surface area contributed by atoms with Crippen molar-refractivity contribution in [1.82, 2.24) is 0 Å². The highest BCUT2D eigenvalue weighted by atomic mass is 16.4. The largest absolute Gasteiger partial charge is 0.481 e. The van der Waals surface area contributed by atoms with E-state index >= 15 is 0 Å². The van der Waals surface area contributed by atoms with Gasteiger partial charge in [0.1, 0.15) is 6.04 Å². The predicted octanol–water partition coefficient (Wildman–Crippen LogP) is 6.64. The number of carbonyl (C=O) groups is 2. The van der Waals surface area contributed by atoms with E-state index in [1.165, 1.54) is 96.3 Å². The average Bonchev–Trinajstić information content (AvgIpc) is 2.76. The third-order valence-electron chi connectivity index (χ3n) is 5.78. The third kappa shape index (κ3) is 31.0. The molecule has 0 aromatic carbocycles. The minimum absolute atomic E-state index is 0.346. The fourth-order valence-corrected chi connectivity index (χ4v) is 3.63. The third-order valence-corrected chi connectivity index (χ3v) is 5.78. The molecular formula is C26H54N2O4. The van der Waals surface area contributed by atoms with E-state index in [-0.39, 0.29) is 0 Å². The summed E-state index contributed by atoms with van der Waals surface area (Å²) in [5, 5.41) is 16.9. The second-order valence-electron chi connectivity index (χ2n) is 9.03. The minimum Gasteiger partial charge on any atom is -0.481 e. The molecule has 0 aliphatic rings. The summed E-state index contributed by atoms with van der Waals surface area (Å²) in [6.07, 6.45) is 25.3. The van der Waals surface area contributed by atoms with Crippen molar-refractivity contribution in [2.24, 2.45) is 11.5 Å². The van der Waals surface area contributed by atoms with Crippen LogP contribution in [0.1, 0.15) is 142 Å². The monoisotopic (exact) mass is 458 g/mol. The van der Waals surface area contributed by atoms with Crippen LogP contribution in [0.4, 0.5) is 0 Å². The van der Waals surface area contributed by atoms with Crippen LogP contribution in [0.5, 0.6) is 0 Å². The lowest BCUT2D eigenvalue weighted by molar-refractivity contribution is -0.139. The van der Waals surface area contributed by atoms with Gasteiger partial charge >= 0.3 is 11.9 Å². The Labute approximate surface area is 197 Å². The molecule has 0 aromatic heterocycles. The Hall–Kier alpha value is -1.14. The predicted molar refractivity (Wildman–Crippen MR) is 135 cm³/mol. The van der Waals surface area contributed by atoms with Gasteiger partial charge in [-0.05, 0) is 25.8 Å². The van der Waals surface area contributed by atoms with Crippen LogP contribution in [-0.2, 0) is 9.59 Å². The topological polar surface area (TPSA) is 127 Å². The van der Waals surface area contributed by atoms with Crippen LogP contribution >= 0.6 is 0 Å². The first-order valence-electron chi connectivity index (χ1n) is 13.4. The van der Waals surface area contributed by atoms with Crippen molar-refractivity contribution < 1.29 is 19.8 Å². The lowest BCUT2D eigenvalue weighted by atomic mass is 10.0. The summed E-state index contributed by atoms with van der Waals surface area (Å²) in [6.45, 7) is 2.88. The zero-order valence-electron chi connectivity index (χ0n) is 21.0. The molecule has 0 aliphatic carbocycles. The van der Waals surface area contributed by atoms with Crippen molar-refractivity contribution in [1.29, 1.82) is 0 Å². The molecule has 0 aromatic rings. The van der Waals surface area contributed by atoms with Crippen LogP contribution in [0.25, 0.3) is 0 Å². The molecule has 0 rings (SSSR count). The van der Waals surface area contributed by atoms with Crippen molar-refractivity contribution in [3.05, 3.63) is 0 Å². The molecule has 1 atom stereocenters. The van der Waals surface area contributed by atoms with Crippen molar-refractivity contribution in [3.63, 3.8) is 0 Å². The number of carboxylic acids is 2. The van der Waals surface area contributed by atoms with Gasteiger partial charge in [-0.3, -0.25) is 9.59 Å². The summed E-state index contributed by atoms with van der Waals surface area (Å²) in [4.78, 5) is 20.5. The zero-order valence-corrected chi connectivity index (χ0v) is 21.0. The molecule has 0 spiro atoms. The van der Waals surface area contributed by atoms with Gasteiger partial charge in [-0.15, -0.1) is 0 Å². The molecule has 0 bridgehead atoms. The van der Waals surface area contributed by atoms with Gasteiger partial charge in [0.25, 0.3) is 0 Å². The second-order valence-corrected chi connectivity index (χ2v) is 9.03. The van der Waals surface area contributed by atoms with Gasteiger partial charge in [-0.25, -0.2) is 0 Å². The van der Waals surface area contributed by atoms with Gasteiger partial charge in [0.05, 0.1) is 0 Å². The maximum atomic E-state index is 10.4. The van der Waals surface area contributed by atoms with E-state index < -0.39 is 18.0 Å². The van der Waals surface area contributed by atoms with E-state index in [1.54, 1.807) is 0 Å². The molecule has 6 heteroatoms. The Bertz CT molecular complexity index is 405. The quantitative estimate of drug-likeness (QED) is 0.127. The first-order chi connectivity index (χ1) is 15.5. The van der Waals surface area contributed by atoms with Gasteiger partial charge in [0.2, 0.25) is 0 Å². The number of unbranched alkanes of at least 4 members (excludes halogenated alkanes) is 17. The van der Waals surface area contributed by atoms with Crippen LogP contribution < -0.4 is 11.5 Å². The fourth-order valence-electron chi connectivity index (χ4n) is 3.63. The minimum atomic E-state index is -0.933. The average molecular weight is 459 g/mol. The van der Waals surface area contributed by atoms with Crippen molar-refractivity contribution >= 4 is 11.9 Å². The van der Waals surface area contributed by atoms with E-state index in [0.717, 1.165) is 25.7 Å². The maximum Gasteiger partial charge on any atom is 0.320 e. The highest BCUT2D eigenvalue weighted by Gasteiger charge is 2.09. The van der Waals surface area contributed by atoms with Crippen molar-refractivity contribution in [2.75, 3.05) is 6.54 Å². The van der Waals surface area contributed by atoms with E-state index in [1.807, 2.05) is 0 Å². The SMILES string of the molecule is CCCCCCCCCCCCCCCCCCCC(=O)O.NCCCCC(N)C(=O)O. The van der Waals surface area contributed by atoms with E-state index in [2.05, 4.69) is 6.92 Å². The summed E-state index contributed by atoms with van der Waals surface area (Å²) in [7, 11) is 0. The molecule has 0 amide bonds.